The maximum absolute atomic E-state index is 13.2. The van der Waals surface area contributed by atoms with Crippen LogP contribution < -0.4 is 0 Å². The van der Waals surface area contributed by atoms with Gasteiger partial charge in [-0.05, 0) is 38.7 Å². The van der Waals surface area contributed by atoms with Crippen molar-refractivity contribution in [2.24, 2.45) is 5.92 Å². The molecule has 0 bridgehead atoms. The van der Waals surface area contributed by atoms with Crippen molar-refractivity contribution in [2.45, 2.75) is 96.8 Å². The number of carbonyl (C=O) groups excluding carboxylic acids is 2. The fourth-order valence-electron chi connectivity index (χ4n) is 4.01. The predicted octanol–water partition coefficient (Wildman–Crippen LogP) is 5.66. The number of nitrogens with zero attached hydrogens (tertiary/aromatic N) is 1. The maximum atomic E-state index is 13.2. The summed E-state index contributed by atoms with van der Waals surface area (Å²) in [6.07, 6.45) is 10.8. The highest BCUT2D eigenvalue weighted by atomic mass is 16.6. The quantitative estimate of drug-likeness (QED) is 0.344. The fraction of sp³-hybridized carbons (Fsp3) is 0.615. The highest BCUT2D eigenvalue weighted by Gasteiger charge is 2.51. The Labute approximate surface area is 187 Å². The number of allylic oxidation sites excluding steroid dienone is 1. The molecule has 0 unspecified atom stereocenters. The van der Waals surface area contributed by atoms with Crippen LogP contribution in [0.4, 0.5) is 4.79 Å². The van der Waals surface area contributed by atoms with Gasteiger partial charge in [0.15, 0.2) is 0 Å². The largest absolute Gasteiger partial charge is 0.441 e. The second-order valence-electron chi connectivity index (χ2n) is 9.15. The second-order valence-corrected chi connectivity index (χ2v) is 9.15. The Balaban J connectivity index is 1.95. The van der Waals surface area contributed by atoms with E-state index in [1.807, 2.05) is 50.3 Å². The summed E-state index contributed by atoms with van der Waals surface area (Å²) in [4.78, 5) is 26.9. The Bertz CT molecular complexity index is 728. The first kappa shape index (κ1) is 25.1. The number of rotatable bonds is 12. The van der Waals surface area contributed by atoms with Crippen LogP contribution in [-0.2, 0) is 16.0 Å². The highest BCUT2D eigenvalue weighted by molar-refractivity contribution is 5.95. The summed E-state index contributed by atoms with van der Waals surface area (Å²) in [7, 11) is 0. The zero-order valence-corrected chi connectivity index (χ0v) is 19.5. The van der Waals surface area contributed by atoms with Crippen molar-refractivity contribution in [1.82, 2.24) is 4.90 Å². The van der Waals surface area contributed by atoms with E-state index in [9.17, 15) is 14.7 Å². The number of carbonyl (C=O) groups is 2. The van der Waals surface area contributed by atoms with E-state index in [1.54, 1.807) is 13.0 Å². The summed E-state index contributed by atoms with van der Waals surface area (Å²) in [5, 5.41) is 10.5. The molecule has 1 saturated heterocycles. The molecule has 1 N–H and O–H groups in total. The molecule has 1 fully saturated rings. The van der Waals surface area contributed by atoms with Crippen LogP contribution in [0.25, 0.3) is 0 Å². The third-order valence-corrected chi connectivity index (χ3v) is 6.13. The molecule has 0 radical (unpaired) electrons. The number of hydrogen-bond donors (Lipinski definition) is 1. The molecule has 1 aromatic rings. The number of unbranched alkanes of at least 4 members (excludes halogenated alkanes) is 6. The van der Waals surface area contributed by atoms with E-state index in [2.05, 4.69) is 6.92 Å². The van der Waals surface area contributed by atoms with Crippen molar-refractivity contribution in [1.29, 1.82) is 0 Å². The monoisotopic (exact) mass is 429 g/mol. The van der Waals surface area contributed by atoms with Gasteiger partial charge in [0.05, 0.1) is 18.1 Å². The lowest BCUT2D eigenvalue weighted by atomic mass is 9.91. The van der Waals surface area contributed by atoms with Crippen molar-refractivity contribution < 1.29 is 19.4 Å². The van der Waals surface area contributed by atoms with Crippen LogP contribution in [0.15, 0.2) is 42.5 Å². The first-order valence-corrected chi connectivity index (χ1v) is 11.7. The molecule has 0 saturated carbocycles. The summed E-state index contributed by atoms with van der Waals surface area (Å²) in [6.45, 7) is 7.53. The Kier molecular flexibility index (Phi) is 9.76. The molecule has 0 aliphatic carbocycles. The van der Waals surface area contributed by atoms with Gasteiger partial charge in [-0.3, -0.25) is 4.79 Å². The van der Waals surface area contributed by atoms with Crippen LogP contribution in [-0.4, -0.2) is 39.8 Å². The number of cyclic esters (lactones) is 1. The molecule has 2 rings (SSSR count). The van der Waals surface area contributed by atoms with Crippen LogP contribution in [0, 0.1) is 5.92 Å². The van der Waals surface area contributed by atoms with Gasteiger partial charge in [0.25, 0.3) is 0 Å². The molecule has 5 heteroatoms. The zero-order chi connectivity index (χ0) is 22.9. The summed E-state index contributed by atoms with van der Waals surface area (Å²) >= 11 is 0. The Morgan fingerprint density at radius 3 is 2.48 bits per heavy atom. The fourth-order valence-corrected chi connectivity index (χ4v) is 4.01. The second kappa shape index (κ2) is 12.0. The minimum atomic E-state index is -0.929. The Morgan fingerprint density at radius 1 is 1.16 bits per heavy atom. The summed E-state index contributed by atoms with van der Waals surface area (Å²) < 4.78 is 5.52. The normalized spacial score (nSPS) is 20.1. The topological polar surface area (TPSA) is 66.8 Å². The van der Waals surface area contributed by atoms with Gasteiger partial charge in [-0.15, -0.1) is 0 Å². The molecule has 1 aromatic carbocycles. The summed E-state index contributed by atoms with van der Waals surface area (Å²) in [5.74, 6) is -1.12. The SMILES string of the molecule is CCCCCCCC/C=C/[C@@H](O)[C@H](C)C(=O)N1C(=O)OC(C)(C)[C@@H]1Cc1ccccc1. The number of hydrogen-bond acceptors (Lipinski definition) is 4. The van der Waals surface area contributed by atoms with E-state index in [4.69, 9.17) is 4.74 Å². The lowest BCUT2D eigenvalue weighted by molar-refractivity contribution is -0.135. The van der Waals surface area contributed by atoms with Gasteiger partial charge in [0.1, 0.15) is 5.60 Å². The predicted molar refractivity (Wildman–Crippen MR) is 124 cm³/mol. The van der Waals surface area contributed by atoms with Crippen LogP contribution in [0.3, 0.4) is 0 Å². The number of aliphatic hydroxyl groups excluding tert-OH is 1. The summed E-state index contributed by atoms with van der Waals surface area (Å²) in [6, 6.07) is 9.34. The van der Waals surface area contributed by atoms with Crippen LogP contribution in [0.5, 0.6) is 0 Å². The Morgan fingerprint density at radius 2 is 1.81 bits per heavy atom. The maximum Gasteiger partial charge on any atom is 0.417 e. The van der Waals surface area contributed by atoms with Gasteiger partial charge in [0.2, 0.25) is 5.91 Å². The number of imide groups is 1. The van der Waals surface area contributed by atoms with Crippen molar-refractivity contribution in [3.63, 3.8) is 0 Å². The third kappa shape index (κ3) is 7.20. The Hall–Kier alpha value is -2.14. The number of amides is 2. The van der Waals surface area contributed by atoms with Gasteiger partial charge < -0.3 is 9.84 Å². The van der Waals surface area contributed by atoms with Gasteiger partial charge >= 0.3 is 6.09 Å². The molecule has 1 heterocycles. The third-order valence-electron chi connectivity index (χ3n) is 6.13. The first-order chi connectivity index (χ1) is 14.8. The molecule has 3 atom stereocenters. The molecule has 31 heavy (non-hydrogen) atoms. The summed E-state index contributed by atoms with van der Waals surface area (Å²) in [5.41, 5.74) is 0.240. The van der Waals surface area contributed by atoms with Gasteiger partial charge in [0, 0.05) is 0 Å². The van der Waals surface area contributed by atoms with E-state index in [0.717, 1.165) is 18.4 Å². The molecular weight excluding hydrogens is 390 g/mol. The molecule has 2 amide bonds. The van der Waals surface area contributed by atoms with Gasteiger partial charge in [-0.25, -0.2) is 9.69 Å². The zero-order valence-electron chi connectivity index (χ0n) is 19.5. The van der Waals surface area contributed by atoms with Crippen LogP contribution in [0.2, 0.25) is 0 Å². The lowest BCUT2D eigenvalue weighted by Crippen LogP contribution is -2.49. The van der Waals surface area contributed by atoms with E-state index in [-0.39, 0.29) is 0 Å². The first-order valence-electron chi connectivity index (χ1n) is 11.7. The van der Waals surface area contributed by atoms with E-state index >= 15 is 0 Å². The van der Waals surface area contributed by atoms with Crippen LogP contribution in [0.1, 0.15) is 78.2 Å². The molecule has 172 valence electrons. The standard InChI is InChI=1S/C26H39NO4/c1-5-6-7-8-9-10-11-15-18-22(28)20(2)24(29)27-23(26(3,4)31-25(27)30)19-21-16-13-12-14-17-21/h12-18,20,22-23,28H,5-11,19H2,1-4H3/b18-15+/t20-,22+,23-/m0/s1. The number of aliphatic hydroxyl groups is 1. The average Bonchev–Trinajstić information content (AvgIpc) is 2.97. The van der Waals surface area contributed by atoms with Crippen molar-refractivity contribution in [3.05, 3.63) is 48.0 Å². The van der Waals surface area contributed by atoms with E-state index in [0.29, 0.717) is 6.42 Å². The molecule has 5 nitrogen and oxygen atoms in total. The highest BCUT2D eigenvalue weighted by Crippen LogP contribution is 2.33. The van der Waals surface area contributed by atoms with E-state index in [1.165, 1.54) is 37.0 Å². The van der Waals surface area contributed by atoms with Crippen molar-refractivity contribution in [3.8, 4) is 0 Å². The molecular formula is C26H39NO4. The molecule has 1 aliphatic rings. The smallest absolute Gasteiger partial charge is 0.417 e. The van der Waals surface area contributed by atoms with E-state index < -0.39 is 35.7 Å². The van der Waals surface area contributed by atoms with Gasteiger partial charge in [-0.2, -0.15) is 0 Å². The van der Waals surface area contributed by atoms with Crippen molar-refractivity contribution >= 4 is 12.0 Å². The minimum Gasteiger partial charge on any atom is -0.441 e. The van der Waals surface area contributed by atoms with Gasteiger partial charge in [-0.1, -0.05) is 88.4 Å². The molecule has 0 spiro atoms. The van der Waals surface area contributed by atoms with Crippen molar-refractivity contribution in [2.75, 3.05) is 0 Å². The average molecular weight is 430 g/mol. The molecule has 1 aliphatic heterocycles. The molecule has 0 aromatic heterocycles. The minimum absolute atomic E-state index is 0.395. The number of benzene rings is 1. The lowest BCUT2D eigenvalue weighted by Gasteiger charge is -2.30. The van der Waals surface area contributed by atoms with Crippen LogP contribution >= 0.6 is 0 Å². The number of ether oxygens (including phenoxy) is 1.